The van der Waals surface area contributed by atoms with Crippen LogP contribution in [0, 0.1) is 5.41 Å². The van der Waals surface area contributed by atoms with Crippen LogP contribution >= 0.6 is 11.3 Å². The van der Waals surface area contributed by atoms with E-state index in [0.29, 0.717) is 5.41 Å². The third-order valence-electron chi connectivity index (χ3n) is 3.91. The fourth-order valence-electron chi connectivity index (χ4n) is 2.54. The van der Waals surface area contributed by atoms with Crippen LogP contribution in [0.15, 0.2) is 11.6 Å². The van der Waals surface area contributed by atoms with E-state index >= 15 is 0 Å². The lowest BCUT2D eigenvalue weighted by Gasteiger charge is -2.37. The molecule has 96 valence electrons. The van der Waals surface area contributed by atoms with Crippen molar-refractivity contribution in [2.75, 3.05) is 26.2 Å². The van der Waals surface area contributed by atoms with E-state index in [1.54, 1.807) is 11.3 Å². The number of nitrogens with one attached hydrogen (secondary N) is 2. The van der Waals surface area contributed by atoms with Crippen LogP contribution < -0.4 is 10.6 Å². The predicted octanol–water partition coefficient (Wildman–Crippen LogP) is 2.05. The maximum absolute atomic E-state index is 4.31. The minimum atomic E-state index is 0.536. The van der Waals surface area contributed by atoms with Gasteiger partial charge in [0.1, 0.15) is 0 Å². The molecule has 2 rings (SSSR count). The molecule has 1 saturated heterocycles. The van der Waals surface area contributed by atoms with Crippen molar-refractivity contribution in [2.45, 2.75) is 32.6 Å². The highest BCUT2D eigenvalue weighted by atomic mass is 32.1. The number of aromatic nitrogens is 1. The van der Waals surface area contributed by atoms with Crippen LogP contribution in [-0.4, -0.2) is 31.2 Å². The van der Waals surface area contributed by atoms with Gasteiger partial charge in [-0.3, -0.25) is 0 Å². The predicted molar refractivity (Wildman–Crippen MR) is 73.5 cm³/mol. The van der Waals surface area contributed by atoms with E-state index in [1.807, 2.05) is 6.20 Å². The molecule has 1 fully saturated rings. The van der Waals surface area contributed by atoms with Gasteiger partial charge in [-0.2, -0.15) is 0 Å². The van der Waals surface area contributed by atoms with Crippen molar-refractivity contribution in [2.24, 2.45) is 5.41 Å². The third kappa shape index (κ3) is 3.76. The molecular formula is C13H23N3S. The molecule has 1 aliphatic rings. The van der Waals surface area contributed by atoms with Crippen molar-refractivity contribution in [3.63, 3.8) is 0 Å². The Kier molecular flexibility index (Phi) is 4.95. The van der Waals surface area contributed by atoms with Gasteiger partial charge in [0, 0.05) is 31.1 Å². The van der Waals surface area contributed by atoms with Crippen LogP contribution in [0.2, 0.25) is 0 Å². The van der Waals surface area contributed by atoms with Gasteiger partial charge in [0.25, 0.3) is 0 Å². The van der Waals surface area contributed by atoms with Crippen LogP contribution in [0.5, 0.6) is 0 Å². The fourth-order valence-corrected chi connectivity index (χ4v) is 3.16. The molecule has 0 bridgehead atoms. The summed E-state index contributed by atoms with van der Waals surface area (Å²) < 4.78 is 0. The molecule has 0 radical (unpaired) electrons. The normalized spacial score (nSPS) is 19.4. The summed E-state index contributed by atoms with van der Waals surface area (Å²) in [4.78, 5) is 4.31. The number of thiazole rings is 1. The largest absolute Gasteiger partial charge is 0.317 e. The standard InChI is InChI=1S/C13H23N3S/c1-2-13(4-7-14-8-5-13)11-15-6-3-12-16-9-10-17-12/h9-10,14-15H,2-8,11H2,1H3. The molecule has 2 N–H and O–H groups in total. The number of nitrogens with zero attached hydrogens (tertiary/aromatic N) is 1. The minimum Gasteiger partial charge on any atom is -0.317 e. The summed E-state index contributed by atoms with van der Waals surface area (Å²) in [5.74, 6) is 0. The van der Waals surface area contributed by atoms with Gasteiger partial charge < -0.3 is 10.6 Å². The summed E-state index contributed by atoms with van der Waals surface area (Å²) in [5, 5.41) is 10.4. The molecule has 3 nitrogen and oxygen atoms in total. The Morgan fingerprint density at radius 1 is 1.47 bits per heavy atom. The molecule has 0 spiro atoms. The highest BCUT2D eigenvalue weighted by molar-refractivity contribution is 7.09. The van der Waals surface area contributed by atoms with Crippen molar-refractivity contribution in [3.05, 3.63) is 16.6 Å². The Balaban J connectivity index is 1.69. The van der Waals surface area contributed by atoms with E-state index in [9.17, 15) is 0 Å². The first-order chi connectivity index (χ1) is 8.35. The van der Waals surface area contributed by atoms with E-state index in [4.69, 9.17) is 0 Å². The van der Waals surface area contributed by atoms with E-state index in [1.165, 1.54) is 37.4 Å². The van der Waals surface area contributed by atoms with Crippen molar-refractivity contribution in [1.82, 2.24) is 15.6 Å². The highest BCUT2D eigenvalue weighted by Crippen LogP contribution is 2.31. The first-order valence-electron chi connectivity index (χ1n) is 6.64. The SMILES string of the molecule is CCC1(CNCCc2nccs2)CCNCC1. The summed E-state index contributed by atoms with van der Waals surface area (Å²) in [5.41, 5.74) is 0.536. The van der Waals surface area contributed by atoms with Crippen molar-refractivity contribution in [1.29, 1.82) is 0 Å². The van der Waals surface area contributed by atoms with Crippen LogP contribution in [0.3, 0.4) is 0 Å². The van der Waals surface area contributed by atoms with Crippen LogP contribution in [0.1, 0.15) is 31.2 Å². The maximum atomic E-state index is 4.31. The molecule has 17 heavy (non-hydrogen) atoms. The highest BCUT2D eigenvalue weighted by Gasteiger charge is 2.29. The van der Waals surface area contributed by atoms with Crippen LogP contribution in [-0.2, 0) is 6.42 Å². The molecular weight excluding hydrogens is 230 g/mol. The molecule has 0 aliphatic carbocycles. The number of hydrogen-bond acceptors (Lipinski definition) is 4. The lowest BCUT2D eigenvalue weighted by atomic mass is 9.76. The average Bonchev–Trinajstić information content (AvgIpc) is 2.89. The number of rotatable bonds is 6. The van der Waals surface area contributed by atoms with E-state index in [2.05, 4.69) is 27.9 Å². The Bertz CT molecular complexity index is 304. The molecule has 4 heteroatoms. The van der Waals surface area contributed by atoms with Gasteiger partial charge >= 0.3 is 0 Å². The molecule has 2 heterocycles. The van der Waals surface area contributed by atoms with E-state index in [0.717, 1.165) is 19.5 Å². The van der Waals surface area contributed by atoms with Crippen LogP contribution in [0.4, 0.5) is 0 Å². The smallest absolute Gasteiger partial charge is 0.0937 e. The second kappa shape index (κ2) is 6.47. The quantitative estimate of drug-likeness (QED) is 0.762. The lowest BCUT2D eigenvalue weighted by molar-refractivity contribution is 0.186. The molecule has 0 saturated carbocycles. The van der Waals surface area contributed by atoms with Gasteiger partial charge in [-0.1, -0.05) is 6.92 Å². The summed E-state index contributed by atoms with van der Waals surface area (Å²) in [6.45, 7) is 6.91. The monoisotopic (exact) mass is 253 g/mol. The van der Waals surface area contributed by atoms with Crippen molar-refractivity contribution in [3.8, 4) is 0 Å². The molecule has 0 unspecified atom stereocenters. The van der Waals surface area contributed by atoms with Crippen molar-refractivity contribution >= 4 is 11.3 Å². The Morgan fingerprint density at radius 3 is 2.94 bits per heavy atom. The first-order valence-corrected chi connectivity index (χ1v) is 7.52. The Hall–Kier alpha value is -0.450. The molecule has 0 amide bonds. The van der Waals surface area contributed by atoms with Gasteiger partial charge in [-0.15, -0.1) is 11.3 Å². The van der Waals surface area contributed by atoms with Gasteiger partial charge in [-0.05, 0) is 37.8 Å². The second-order valence-electron chi connectivity index (χ2n) is 4.96. The molecule has 1 aliphatic heterocycles. The minimum absolute atomic E-state index is 0.536. The van der Waals surface area contributed by atoms with Gasteiger partial charge in [0.05, 0.1) is 5.01 Å². The zero-order valence-corrected chi connectivity index (χ0v) is 11.5. The Morgan fingerprint density at radius 2 is 2.29 bits per heavy atom. The summed E-state index contributed by atoms with van der Waals surface area (Å²) in [7, 11) is 0. The van der Waals surface area contributed by atoms with E-state index < -0.39 is 0 Å². The Labute approximate surface area is 108 Å². The summed E-state index contributed by atoms with van der Waals surface area (Å²) in [6, 6.07) is 0. The number of hydrogen-bond donors (Lipinski definition) is 2. The zero-order valence-electron chi connectivity index (χ0n) is 10.7. The average molecular weight is 253 g/mol. The summed E-state index contributed by atoms with van der Waals surface area (Å²) in [6.07, 6.45) is 6.87. The van der Waals surface area contributed by atoms with Crippen LogP contribution in [0.25, 0.3) is 0 Å². The molecule has 1 aromatic heterocycles. The first kappa shape index (κ1) is 13.0. The van der Waals surface area contributed by atoms with Gasteiger partial charge in [0.15, 0.2) is 0 Å². The zero-order chi connectivity index (χ0) is 12.0. The van der Waals surface area contributed by atoms with Gasteiger partial charge in [0.2, 0.25) is 0 Å². The second-order valence-corrected chi connectivity index (χ2v) is 5.94. The number of piperidine rings is 1. The summed E-state index contributed by atoms with van der Waals surface area (Å²) >= 11 is 1.75. The van der Waals surface area contributed by atoms with Gasteiger partial charge in [-0.25, -0.2) is 4.98 Å². The molecule has 1 aromatic rings. The molecule has 0 aromatic carbocycles. The third-order valence-corrected chi connectivity index (χ3v) is 4.75. The topological polar surface area (TPSA) is 37.0 Å². The maximum Gasteiger partial charge on any atom is 0.0937 e. The fraction of sp³-hybridized carbons (Fsp3) is 0.769. The van der Waals surface area contributed by atoms with E-state index in [-0.39, 0.29) is 0 Å². The molecule has 0 atom stereocenters. The van der Waals surface area contributed by atoms with Crippen molar-refractivity contribution < 1.29 is 0 Å². The lowest BCUT2D eigenvalue weighted by Crippen LogP contribution is -2.43.